The third kappa shape index (κ3) is 7.60. The lowest BCUT2D eigenvalue weighted by atomic mass is 10.3. The summed E-state index contributed by atoms with van der Waals surface area (Å²) in [6.45, 7) is 6.81. The molecule has 0 saturated carbocycles. The van der Waals surface area contributed by atoms with Gasteiger partial charge in [-0.3, -0.25) is 4.99 Å². The summed E-state index contributed by atoms with van der Waals surface area (Å²) in [5.41, 5.74) is 0. The van der Waals surface area contributed by atoms with Gasteiger partial charge in [-0.2, -0.15) is 0 Å². The van der Waals surface area contributed by atoms with Gasteiger partial charge in [-0.15, -0.1) is 45.5 Å². The van der Waals surface area contributed by atoms with E-state index in [1.807, 2.05) is 34.9 Å². The first-order valence-corrected chi connectivity index (χ1v) is 10.8. The summed E-state index contributed by atoms with van der Waals surface area (Å²) in [5.74, 6) is 2.62. The van der Waals surface area contributed by atoms with Crippen LogP contribution in [-0.4, -0.2) is 40.4 Å². The summed E-state index contributed by atoms with van der Waals surface area (Å²) in [6, 6.07) is 14.2. The van der Waals surface area contributed by atoms with Crippen molar-refractivity contribution >= 4 is 41.3 Å². The molecule has 2 aromatic heterocycles. The van der Waals surface area contributed by atoms with Crippen LogP contribution < -0.4 is 15.4 Å². The molecular weight excluding hydrogens is 511 g/mol. The first-order valence-electron chi connectivity index (χ1n) is 9.89. The summed E-state index contributed by atoms with van der Waals surface area (Å²) >= 11 is 1.73. The minimum Gasteiger partial charge on any atom is -0.492 e. The van der Waals surface area contributed by atoms with Gasteiger partial charge in [-0.1, -0.05) is 31.2 Å². The van der Waals surface area contributed by atoms with Crippen LogP contribution in [0.3, 0.4) is 0 Å². The summed E-state index contributed by atoms with van der Waals surface area (Å²) < 4.78 is 7.81. The van der Waals surface area contributed by atoms with E-state index in [1.54, 1.807) is 17.7 Å². The molecule has 1 atom stereocenters. The van der Waals surface area contributed by atoms with Crippen molar-refractivity contribution in [2.45, 2.75) is 32.9 Å². The van der Waals surface area contributed by atoms with Crippen LogP contribution in [0, 0.1) is 0 Å². The Hall–Kier alpha value is -2.14. The SMILES string of the molecule is CCc1nncn1CCN=C(NCCOc1ccccc1)NC(C)c1cccs1.I. The molecule has 0 bridgehead atoms. The van der Waals surface area contributed by atoms with Gasteiger partial charge in [0.2, 0.25) is 0 Å². The third-order valence-corrected chi connectivity index (χ3v) is 5.41. The second-order valence-electron chi connectivity index (χ2n) is 6.49. The number of aryl methyl sites for hydroxylation is 1. The molecule has 0 aliphatic heterocycles. The maximum Gasteiger partial charge on any atom is 0.191 e. The highest BCUT2D eigenvalue weighted by molar-refractivity contribution is 14.0. The van der Waals surface area contributed by atoms with Gasteiger partial charge >= 0.3 is 0 Å². The number of hydrogen-bond acceptors (Lipinski definition) is 5. The Bertz CT molecular complexity index is 869. The van der Waals surface area contributed by atoms with Gasteiger partial charge in [-0.25, -0.2) is 0 Å². The van der Waals surface area contributed by atoms with Crippen LogP contribution in [0.4, 0.5) is 0 Å². The fourth-order valence-electron chi connectivity index (χ4n) is 2.83. The summed E-state index contributed by atoms with van der Waals surface area (Å²) in [7, 11) is 0. The zero-order chi connectivity index (χ0) is 20.3. The van der Waals surface area contributed by atoms with Crippen molar-refractivity contribution in [1.82, 2.24) is 25.4 Å². The van der Waals surface area contributed by atoms with Gasteiger partial charge in [0.15, 0.2) is 5.96 Å². The van der Waals surface area contributed by atoms with Gasteiger partial charge in [-0.05, 0) is 30.5 Å². The van der Waals surface area contributed by atoms with Crippen LogP contribution in [0.2, 0.25) is 0 Å². The summed E-state index contributed by atoms with van der Waals surface area (Å²) in [5, 5.41) is 17.0. The van der Waals surface area contributed by atoms with Gasteiger partial charge in [0.25, 0.3) is 0 Å². The fourth-order valence-corrected chi connectivity index (χ4v) is 3.56. The maximum absolute atomic E-state index is 5.76. The Balaban J connectivity index is 0.00000320. The lowest BCUT2D eigenvalue weighted by Crippen LogP contribution is -2.40. The smallest absolute Gasteiger partial charge is 0.191 e. The lowest BCUT2D eigenvalue weighted by molar-refractivity contribution is 0.321. The number of guanidine groups is 1. The van der Waals surface area contributed by atoms with Crippen molar-refractivity contribution < 1.29 is 4.74 Å². The molecule has 0 radical (unpaired) electrons. The van der Waals surface area contributed by atoms with Crippen LogP contribution in [-0.2, 0) is 13.0 Å². The maximum atomic E-state index is 5.76. The average molecular weight is 540 g/mol. The third-order valence-electron chi connectivity index (χ3n) is 4.35. The van der Waals surface area contributed by atoms with E-state index in [0.29, 0.717) is 19.7 Å². The molecule has 0 saturated heterocycles. The van der Waals surface area contributed by atoms with Gasteiger partial charge in [0, 0.05) is 17.8 Å². The van der Waals surface area contributed by atoms with E-state index >= 15 is 0 Å². The van der Waals surface area contributed by atoms with E-state index < -0.39 is 0 Å². The van der Waals surface area contributed by atoms with Crippen molar-refractivity contribution in [3.05, 3.63) is 64.9 Å². The topological polar surface area (TPSA) is 76.4 Å². The minimum absolute atomic E-state index is 0. The predicted molar refractivity (Wildman–Crippen MR) is 133 cm³/mol. The first-order chi connectivity index (χ1) is 14.3. The molecule has 1 aromatic carbocycles. The van der Waals surface area contributed by atoms with E-state index in [2.05, 4.69) is 52.2 Å². The Kier molecular flexibility index (Phi) is 10.6. The number of hydrogen-bond donors (Lipinski definition) is 2. The van der Waals surface area contributed by atoms with Crippen molar-refractivity contribution in [1.29, 1.82) is 0 Å². The van der Waals surface area contributed by atoms with E-state index in [1.165, 1.54) is 4.88 Å². The highest BCUT2D eigenvalue weighted by atomic mass is 127. The zero-order valence-corrected chi connectivity index (χ0v) is 20.5. The quantitative estimate of drug-likeness (QED) is 0.177. The molecular formula is C21H29IN6OS. The minimum atomic E-state index is 0. The normalized spacial score (nSPS) is 12.1. The molecule has 0 amide bonds. The second kappa shape index (κ2) is 13.2. The molecule has 0 aliphatic carbocycles. The molecule has 2 heterocycles. The number of nitrogens with zero attached hydrogens (tertiary/aromatic N) is 4. The second-order valence-corrected chi connectivity index (χ2v) is 7.47. The van der Waals surface area contributed by atoms with Crippen molar-refractivity contribution in [3.8, 4) is 5.75 Å². The van der Waals surface area contributed by atoms with Gasteiger partial charge in [0.05, 0.1) is 19.1 Å². The van der Waals surface area contributed by atoms with Crippen LogP contribution in [0.25, 0.3) is 0 Å². The number of halogens is 1. The number of aromatic nitrogens is 3. The standard InChI is InChI=1S/C21H28N6OS.HI/c1-3-20-26-24-16-27(20)13-11-22-21(25-17(2)19-10-7-15-29-19)23-12-14-28-18-8-5-4-6-9-18;/h4-10,15-17H,3,11-14H2,1-2H3,(H2,22,23,25);1H. The Morgan fingerprint density at radius 2 is 2.07 bits per heavy atom. The Labute approximate surface area is 199 Å². The van der Waals surface area contributed by atoms with E-state index in [-0.39, 0.29) is 30.0 Å². The molecule has 2 N–H and O–H groups in total. The molecule has 162 valence electrons. The monoisotopic (exact) mass is 540 g/mol. The zero-order valence-electron chi connectivity index (χ0n) is 17.3. The molecule has 30 heavy (non-hydrogen) atoms. The molecule has 0 aliphatic rings. The fraction of sp³-hybridized carbons (Fsp3) is 0.381. The van der Waals surface area contributed by atoms with Crippen molar-refractivity contribution in [2.24, 2.45) is 4.99 Å². The molecule has 3 rings (SSSR count). The van der Waals surface area contributed by atoms with E-state index in [0.717, 1.165) is 30.5 Å². The number of nitrogens with one attached hydrogen (secondary N) is 2. The predicted octanol–water partition coefficient (Wildman–Crippen LogP) is 3.90. The number of thiophene rings is 1. The van der Waals surface area contributed by atoms with Crippen LogP contribution in [0.15, 0.2) is 59.2 Å². The molecule has 7 nitrogen and oxygen atoms in total. The lowest BCUT2D eigenvalue weighted by Gasteiger charge is -2.18. The number of aliphatic imine (C=N–C) groups is 1. The molecule has 0 spiro atoms. The number of benzene rings is 1. The van der Waals surface area contributed by atoms with E-state index in [4.69, 9.17) is 9.73 Å². The first kappa shape index (κ1) is 24.1. The van der Waals surface area contributed by atoms with Gasteiger partial charge in [0.1, 0.15) is 24.5 Å². The Morgan fingerprint density at radius 1 is 1.23 bits per heavy atom. The van der Waals surface area contributed by atoms with Crippen molar-refractivity contribution in [2.75, 3.05) is 19.7 Å². The highest BCUT2D eigenvalue weighted by Gasteiger charge is 2.09. The van der Waals surface area contributed by atoms with Gasteiger partial charge < -0.3 is 19.9 Å². The van der Waals surface area contributed by atoms with Crippen LogP contribution in [0.5, 0.6) is 5.75 Å². The molecule has 9 heteroatoms. The molecule has 1 unspecified atom stereocenters. The van der Waals surface area contributed by atoms with E-state index in [9.17, 15) is 0 Å². The van der Waals surface area contributed by atoms with Crippen LogP contribution >= 0.6 is 35.3 Å². The number of rotatable bonds is 10. The highest BCUT2D eigenvalue weighted by Crippen LogP contribution is 2.17. The number of para-hydroxylation sites is 1. The Morgan fingerprint density at radius 3 is 2.80 bits per heavy atom. The molecule has 0 fully saturated rings. The summed E-state index contributed by atoms with van der Waals surface area (Å²) in [4.78, 5) is 6.01. The number of ether oxygens (including phenoxy) is 1. The van der Waals surface area contributed by atoms with Crippen molar-refractivity contribution in [3.63, 3.8) is 0 Å². The summed E-state index contributed by atoms with van der Waals surface area (Å²) in [6.07, 6.45) is 2.62. The largest absolute Gasteiger partial charge is 0.492 e. The van der Waals surface area contributed by atoms with Crippen LogP contribution in [0.1, 0.15) is 30.6 Å². The average Bonchev–Trinajstić information content (AvgIpc) is 3.43. The molecule has 3 aromatic rings.